The highest BCUT2D eigenvalue weighted by atomic mass is 19.1. The lowest BCUT2D eigenvalue weighted by atomic mass is 9.73. The number of benzene rings is 2. The second kappa shape index (κ2) is 5.84. The van der Waals surface area contributed by atoms with E-state index < -0.39 is 11.5 Å². The monoisotopic (exact) mass is 288 g/mol. The first-order valence-corrected chi connectivity index (χ1v) is 7.17. The first-order valence-electron chi connectivity index (χ1n) is 7.17. The highest BCUT2D eigenvalue weighted by Crippen LogP contribution is 2.40. The zero-order valence-corrected chi connectivity index (χ0v) is 12.9. The van der Waals surface area contributed by atoms with Crippen LogP contribution in [0.15, 0.2) is 36.4 Å². The Morgan fingerprint density at radius 1 is 1.19 bits per heavy atom. The third-order valence-electron chi connectivity index (χ3n) is 4.26. The van der Waals surface area contributed by atoms with Crippen LogP contribution in [0.5, 0.6) is 5.75 Å². The van der Waals surface area contributed by atoms with E-state index in [1.165, 1.54) is 0 Å². The molecule has 2 aromatic carbocycles. The van der Waals surface area contributed by atoms with E-state index in [-0.39, 0.29) is 5.92 Å². The molecule has 0 N–H and O–H groups in total. The number of carbonyl (C=O) groups excluding carboxylic acids is 1. The van der Waals surface area contributed by atoms with Gasteiger partial charge in [-0.15, -0.1) is 0 Å². The normalized spacial score (nSPS) is 13.2. The van der Waals surface area contributed by atoms with Crippen LogP contribution in [0.3, 0.4) is 0 Å². The van der Waals surface area contributed by atoms with Gasteiger partial charge in [0.2, 0.25) is 0 Å². The number of ether oxygens (including phenoxy) is 1. The summed E-state index contributed by atoms with van der Waals surface area (Å²) < 4.78 is 18.6. The van der Waals surface area contributed by atoms with Gasteiger partial charge in [-0.3, -0.25) is 4.79 Å². The van der Waals surface area contributed by atoms with E-state index in [2.05, 4.69) is 0 Å². The van der Waals surface area contributed by atoms with Gasteiger partial charge < -0.3 is 4.74 Å². The highest BCUT2D eigenvalue weighted by Gasteiger charge is 2.37. The maximum Gasteiger partial charge on any atom is 0.307 e. The van der Waals surface area contributed by atoms with Crippen molar-refractivity contribution < 1.29 is 13.9 Å². The molecular weight excluding hydrogens is 267 g/mol. The summed E-state index contributed by atoms with van der Waals surface area (Å²) in [4.78, 5) is 11.3. The fourth-order valence-corrected chi connectivity index (χ4v) is 2.89. The molecule has 0 heterocycles. The fourth-order valence-electron chi connectivity index (χ4n) is 2.89. The molecule has 0 saturated carbocycles. The minimum atomic E-state index is -1.26. The molecule has 1 atom stereocenters. The number of carbonyl (C=O) groups is 1. The van der Waals surface area contributed by atoms with Crippen LogP contribution in [0.1, 0.15) is 38.7 Å². The Morgan fingerprint density at radius 2 is 1.81 bits per heavy atom. The van der Waals surface area contributed by atoms with Crippen molar-refractivity contribution in [2.75, 3.05) is 7.11 Å². The third kappa shape index (κ3) is 2.92. The molecule has 2 rings (SSSR count). The molecule has 0 aromatic heterocycles. The number of rotatable bonds is 5. The van der Waals surface area contributed by atoms with E-state index in [0.717, 1.165) is 22.1 Å². The van der Waals surface area contributed by atoms with Gasteiger partial charge >= 0.3 is 6.04 Å². The van der Waals surface area contributed by atoms with Crippen LogP contribution >= 0.6 is 0 Å². The van der Waals surface area contributed by atoms with Crippen LogP contribution in [0.2, 0.25) is 0 Å². The molecule has 1 unspecified atom stereocenters. The van der Waals surface area contributed by atoms with Crippen molar-refractivity contribution in [2.24, 2.45) is 5.41 Å². The summed E-state index contributed by atoms with van der Waals surface area (Å²) >= 11 is 0. The third-order valence-corrected chi connectivity index (χ3v) is 4.26. The van der Waals surface area contributed by atoms with Gasteiger partial charge in [-0.1, -0.05) is 31.2 Å². The van der Waals surface area contributed by atoms with E-state index >= 15 is 0 Å². The molecule has 112 valence electrons. The van der Waals surface area contributed by atoms with Crippen LogP contribution in [0, 0.1) is 5.41 Å². The first-order chi connectivity index (χ1) is 9.90. The second-order valence-corrected chi connectivity index (χ2v) is 5.93. The minimum Gasteiger partial charge on any atom is -0.497 e. The Labute approximate surface area is 124 Å². The Morgan fingerprint density at radius 3 is 2.38 bits per heavy atom. The maximum absolute atomic E-state index is 13.4. The van der Waals surface area contributed by atoms with Crippen molar-refractivity contribution in [3.05, 3.63) is 42.0 Å². The predicted octanol–water partition coefficient (Wildman–Crippen LogP) is 4.86. The Kier molecular flexibility index (Phi) is 4.31. The maximum atomic E-state index is 13.4. The lowest BCUT2D eigenvalue weighted by Crippen LogP contribution is -2.28. The van der Waals surface area contributed by atoms with Gasteiger partial charge in [0.05, 0.1) is 12.5 Å². The van der Waals surface area contributed by atoms with E-state index in [0.29, 0.717) is 6.42 Å². The largest absolute Gasteiger partial charge is 0.497 e. The van der Waals surface area contributed by atoms with Crippen LogP contribution < -0.4 is 4.74 Å². The van der Waals surface area contributed by atoms with Crippen molar-refractivity contribution in [3.63, 3.8) is 0 Å². The summed E-state index contributed by atoms with van der Waals surface area (Å²) in [5.74, 6) is 0.669. The predicted molar refractivity (Wildman–Crippen MR) is 83.4 cm³/mol. The highest BCUT2D eigenvalue weighted by molar-refractivity contribution is 5.85. The van der Waals surface area contributed by atoms with Gasteiger partial charge in [-0.25, -0.2) is 0 Å². The molecule has 0 aliphatic carbocycles. The summed E-state index contributed by atoms with van der Waals surface area (Å²) in [5, 5.41) is 2.13. The first kappa shape index (κ1) is 15.5. The summed E-state index contributed by atoms with van der Waals surface area (Å²) in [6.07, 6.45) is 0.713. The van der Waals surface area contributed by atoms with E-state index in [1.54, 1.807) is 21.0 Å². The van der Waals surface area contributed by atoms with Crippen molar-refractivity contribution in [2.45, 2.75) is 33.1 Å². The molecule has 2 aromatic rings. The van der Waals surface area contributed by atoms with E-state index in [9.17, 15) is 9.18 Å². The zero-order valence-electron chi connectivity index (χ0n) is 12.9. The Hall–Kier alpha value is -1.90. The molecule has 0 bridgehead atoms. The van der Waals surface area contributed by atoms with Crippen molar-refractivity contribution in [3.8, 4) is 5.75 Å². The van der Waals surface area contributed by atoms with Gasteiger partial charge in [0, 0.05) is 0 Å². The molecule has 0 fully saturated rings. The van der Waals surface area contributed by atoms with Gasteiger partial charge in [-0.2, -0.15) is 4.39 Å². The number of hydrogen-bond acceptors (Lipinski definition) is 2. The molecule has 0 aliphatic heterocycles. The molecule has 0 spiro atoms. The summed E-state index contributed by atoms with van der Waals surface area (Å²) in [6, 6.07) is 10.6. The van der Waals surface area contributed by atoms with Crippen molar-refractivity contribution in [1.29, 1.82) is 0 Å². The smallest absolute Gasteiger partial charge is 0.307 e. The lowest BCUT2D eigenvalue weighted by Gasteiger charge is -2.29. The molecule has 0 radical (unpaired) electrons. The van der Waals surface area contributed by atoms with Gasteiger partial charge in [0.1, 0.15) is 5.75 Å². The topological polar surface area (TPSA) is 26.3 Å². The zero-order chi connectivity index (χ0) is 15.6. The average molecular weight is 288 g/mol. The van der Waals surface area contributed by atoms with E-state index in [4.69, 9.17) is 4.74 Å². The van der Waals surface area contributed by atoms with Crippen LogP contribution in [0.4, 0.5) is 4.39 Å². The summed E-state index contributed by atoms with van der Waals surface area (Å²) in [6.45, 7) is 5.32. The molecule has 0 amide bonds. The molecular formula is C18H21FO2. The lowest BCUT2D eigenvalue weighted by molar-refractivity contribution is -0.139. The Balaban J connectivity index is 2.48. The van der Waals surface area contributed by atoms with Gasteiger partial charge in [-0.05, 0) is 54.7 Å². The second-order valence-electron chi connectivity index (χ2n) is 5.93. The molecule has 2 nitrogen and oxygen atoms in total. The summed E-state index contributed by atoms with van der Waals surface area (Å²) in [7, 11) is 1.64. The van der Waals surface area contributed by atoms with Crippen LogP contribution in [-0.4, -0.2) is 13.1 Å². The molecule has 0 saturated heterocycles. The van der Waals surface area contributed by atoms with Crippen LogP contribution in [0.25, 0.3) is 10.8 Å². The average Bonchev–Trinajstić information content (AvgIpc) is 2.47. The van der Waals surface area contributed by atoms with Crippen molar-refractivity contribution in [1.82, 2.24) is 0 Å². The van der Waals surface area contributed by atoms with Gasteiger partial charge in [0.25, 0.3) is 0 Å². The summed E-state index contributed by atoms with van der Waals surface area (Å²) in [5.41, 5.74) is -0.0132. The number of halogens is 1. The molecule has 0 aliphatic rings. The number of fused-ring (bicyclic) bond motifs is 1. The molecule has 3 heteroatoms. The number of hydrogen-bond donors (Lipinski definition) is 0. The minimum absolute atomic E-state index is 0.137. The standard InChI is InChI=1S/C18H21FO2/c1-5-16(18(2,3)17(19)20)14-7-6-13-11-15(21-4)9-8-12(13)10-14/h6-11,16H,5H2,1-4H3. The van der Waals surface area contributed by atoms with Crippen LogP contribution in [-0.2, 0) is 4.79 Å². The van der Waals surface area contributed by atoms with Gasteiger partial charge in [0.15, 0.2) is 0 Å². The molecule has 21 heavy (non-hydrogen) atoms. The van der Waals surface area contributed by atoms with E-state index in [1.807, 2.05) is 43.3 Å². The SMILES string of the molecule is CCC(c1ccc2cc(OC)ccc2c1)C(C)(C)C(=O)F. The fraction of sp³-hybridized carbons (Fsp3) is 0.389. The quantitative estimate of drug-likeness (QED) is 0.734. The Bertz CT molecular complexity index is 661. The number of methoxy groups -OCH3 is 1. The van der Waals surface area contributed by atoms with Crippen molar-refractivity contribution >= 4 is 16.8 Å².